The number of rotatable bonds is 7. The van der Waals surface area contributed by atoms with Crippen LogP contribution >= 0.6 is 35.7 Å². The summed E-state index contributed by atoms with van der Waals surface area (Å²) in [7, 11) is 0. The average molecular weight is 506 g/mol. The number of nitrogens with zero attached hydrogens (tertiary/aromatic N) is 1. The van der Waals surface area contributed by atoms with Crippen molar-refractivity contribution in [2.24, 2.45) is 4.99 Å². The van der Waals surface area contributed by atoms with Crippen molar-refractivity contribution >= 4 is 47.6 Å². The van der Waals surface area contributed by atoms with Crippen LogP contribution in [0.1, 0.15) is 43.0 Å². The summed E-state index contributed by atoms with van der Waals surface area (Å²) in [5.41, 5.74) is 0.284. The largest absolute Gasteiger partial charge is 0.507 e. The fourth-order valence-electron chi connectivity index (χ4n) is 3.10. The van der Waals surface area contributed by atoms with Gasteiger partial charge in [0.25, 0.3) is 5.91 Å². The van der Waals surface area contributed by atoms with Crippen molar-refractivity contribution in [3.05, 3.63) is 29.8 Å². The Morgan fingerprint density at radius 2 is 2.07 bits per heavy atom. The Labute approximate surface area is 183 Å². The van der Waals surface area contributed by atoms with Crippen molar-refractivity contribution < 1.29 is 9.90 Å². The molecular weight excluding hydrogens is 475 g/mol. The van der Waals surface area contributed by atoms with E-state index in [1.807, 2.05) is 18.7 Å². The summed E-state index contributed by atoms with van der Waals surface area (Å²) in [6.45, 7) is 3.74. The number of halogens is 1. The highest BCUT2D eigenvalue weighted by Crippen LogP contribution is 2.26. The van der Waals surface area contributed by atoms with Gasteiger partial charge in [0.15, 0.2) is 5.96 Å². The van der Waals surface area contributed by atoms with Crippen LogP contribution in [0.5, 0.6) is 5.75 Å². The molecule has 0 aromatic heterocycles. The lowest BCUT2D eigenvalue weighted by atomic mass is 9.95. The average Bonchev–Trinajstić information content (AvgIpc) is 2.65. The first-order chi connectivity index (χ1) is 12.6. The number of aliphatic imine (C=N–C) groups is 1. The normalized spacial score (nSPS) is 19.7. The number of para-hydroxylation sites is 1. The Bertz CT molecular complexity index is 615. The molecule has 1 amide bonds. The number of amides is 1. The van der Waals surface area contributed by atoms with Crippen molar-refractivity contribution in [3.63, 3.8) is 0 Å². The fraction of sp³-hybridized carbons (Fsp3) is 0.579. The Balaban J connectivity index is 0.00000364. The minimum Gasteiger partial charge on any atom is -0.507 e. The third kappa shape index (κ3) is 8.16. The molecule has 2 atom stereocenters. The van der Waals surface area contributed by atoms with Gasteiger partial charge in [-0.15, -0.1) is 24.0 Å². The maximum atomic E-state index is 12.1. The third-order valence-electron chi connectivity index (χ3n) is 4.46. The van der Waals surface area contributed by atoms with Gasteiger partial charge < -0.3 is 21.1 Å². The molecule has 27 heavy (non-hydrogen) atoms. The molecule has 1 aliphatic carbocycles. The van der Waals surface area contributed by atoms with Crippen molar-refractivity contribution in [1.82, 2.24) is 16.0 Å². The number of thioether (sulfide) groups is 1. The zero-order valence-corrected chi connectivity index (χ0v) is 19.2. The first-order valence-electron chi connectivity index (χ1n) is 9.27. The maximum Gasteiger partial charge on any atom is 0.255 e. The second kappa shape index (κ2) is 13.1. The number of guanidine groups is 1. The molecule has 1 aromatic carbocycles. The van der Waals surface area contributed by atoms with Gasteiger partial charge in [0, 0.05) is 24.4 Å². The Hall–Kier alpha value is -1.16. The summed E-state index contributed by atoms with van der Waals surface area (Å²) in [5.74, 6) is 0.506. The van der Waals surface area contributed by atoms with Crippen molar-refractivity contribution in [2.75, 3.05) is 25.9 Å². The van der Waals surface area contributed by atoms with Crippen LogP contribution in [0.4, 0.5) is 0 Å². The first kappa shape index (κ1) is 23.9. The lowest BCUT2D eigenvalue weighted by Gasteiger charge is -2.29. The molecule has 152 valence electrons. The minimum absolute atomic E-state index is 0. The number of hydrogen-bond donors (Lipinski definition) is 4. The van der Waals surface area contributed by atoms with Crippen LogP contribution in [0, 0.1) is 0 Å². The summed E-state index contributed by atoms with van der Waals surface area (Å²) < 4.78 is 0. The molecule has 0 radical (unpaired) electrons. The van der Waals surface area contributed by atoms with Gasteiger partial charge >= 0.3 is 0 Å². The highest BCUT2D eigenvalue weighted by molar-refractivity contribution is 14.0. The molecule has 1 aliphatic rings. The second-order valence-electron chi connectivity index (χ2n) is 6.40. The molecule has 0 spiro atoms. The second-order valence-corrected chi connectivity index (χ2v) is 7.54. The summed E-state index contributed by atoms with van der Waals surface area (Å²) in [5, 5.41) is 20.0. The van der Waals surface area contributed by atoms with Crippen LogP contribution in [-0.2, 0) is 0 Å². The molecule has 2 unspecified atom stereocenters. The van der Waals surface area contributed by atoms with Gasteiger partial charge in [-0.1, -0.05) is 18.6 Å². The third-order valence-corrected chi connectivity index (χ3v) is 5.56. The van der Waals surface area contributed by atoms with Gasteiger partial charge in [-0.05, 0) is 44.6 Å². The Kier molecular flexibility index (Phi) is 11.6. The van der Waals surface area contributed by atoms with E-state index in [0.29, 0.717) is 19.1 Å². The monoisotopic (exact) mass is 506 g/mol. The van der Waals surface area contributed by atoms with Crippen LogP contribution in [0.3, 0.4) is 0 Å². The van der Waals surface area contributed by atoms with E-state index < -0.39 is 0 Å². The lowest BCUT2D eigenvalue weighted by Crippen LogP contribution is -2.46. The van der Waals surface area contributed by atoms with E-state index in [-0.39, 0.29) is 41.2 Å². The van der Waals surface area contributed by atoms with E-state index in [1.165, 1.54) is 25.3 Å². The molecule has 4 N–H and O–H groups in total. The zero-order valence-electron chi connectivity index (χ0n) is 16.0. The van der Waals surface area contributed by atoms with E-state index >= 15 is 0 Å². The molecule has 0 heterocycles. The molecule has 8 heteroatoms. The van der Waals surface area contributed by atoms with Gasteiger partial charge in [-0.2, -0.15) is 11.8 Å². The van der Waals surface area contributed by atoms with Crippen molar-refractivity contribution in [2.45, 2.75) is 43.9 Å². The molecule has 1 aromatic rings. The van der Waals surface area contributed by atoms with Gasteiger partial charge in [0.1, 0.15) is 5.75 Å². The predicted molar refractivity (Wildman–Crippen MR) is 125 cm³/mol. The Morgan fingerprint density at radius 3 is 2.78 bits per heavy atom. The van der Waals surface area contributed by atoms with E-state index in [2.05, 4.69) is 27.2 Å². The smallest absolute Gasteiger partial charge is 0.255 e. The van der Waals surface area contributed by atoms with E-state index in [9.17, 15) is 9.90 Å². The quantitative estimate of drug-likeness (QED) is 0.198. The number of phenols is 1. The minimum atomic E-state index is -0.286. The SMILES string of the molecule is CCNC(=NCCNC(=O)c1ccccc1O)NC1CCCC(SC)C1.I. The van der Waals surface area contributed by atoms with Gasteiger partial charge in [-0.25, -0.2) is 0 Å². The molecule has 0 aliphatic heterocycles. The molecular formula is C19H31IN4O2S. The number of benzene rings is 1. The number of phenolic OH excluding ortho intramolecular Hbond substituents is 1. The van der Waals surface area contributed by atoms with E-state index in [1.54, 1.807) is 18.2 Å². The van der Waals surface area contributed by atoms with Crippen LogP contribution < -0.4 is 16.0 Å². The summed E-state index contributed by atoms with van der Waals surface area (Å²) >= 11 is 1.95. The molecule has 0 saturated heterocycles. The number of hydrogen-bond acceptors (Lipinski definition) is 4. The summed E-state index contributed by atoms with van der Waals surface area (Å²) in [4.78, 5) is 16.6. The Morgan fingerprint density at radius 1 is 1.30 bits per heavy atom. The zero-order chi connectivity index (χ0) is 18.8. The molecule has 1 fully saturated rings. The highest BCUT2D eigenvalue weighted by atomic mass is 127. The standard InChI is InChI=1S/C19H30N4O2S.HI/c1-3-20-19(23-14-7-6-8-15(13-14)26-2)22-12-11-21-18(25)16-9-4-5-10-17(16)24;/h4-5,9-10,14-15,24H,3,6-8,11-13H2,1-2H3,(H,21,25)(H2,20,22,23);1H. The molecule has 2 rings (SSSR count). The maximum absolute atomic E-state index is 12.1. The number of carbonyl (C=O) groups excluding carboxylic acids is 1. The van der Waals surface area contributed by atoms with Crippen LogP contribution in [-0.4, -0.2) is 54.2 Å². The van der Waals surface area contributed by atoms with Gasteiger partial charge in [0.2, 0.25) is 0 Å². The number of nitrogens with one attached hydrogen (secondary N) is 3. The highest BCUT2D eigenvalue weighted by Gasteiger charge is 2.21. The van der Waals surface area contributed by atoms with Gasteiger partial charge in [0.05, 0.1) is 12.1 Å². The van der Waals surface area contributed by atoms with Gasteiger partial charge in [-0.3, -0.25) is 9.79 Å². The van der Waals surface area contributed by atoms with Crippen molar-refractivity contribution in [3.8, 4) is 5.75 Å². The number of aromatic hydroxyl groups is 1. The molecule has 0 bridgehead atoms. The van der Waals surface area contributed by atoms with Crippen LogP contribution in [0.15, 0.2) is 29.3 Å². The first-order valence-corrected chi connectivity index (χ1v) is 10.6. The topological polar surface area (TPSA) is 85.8 Å². The van der Waals surface area contributed by atoms with E-state index in [4.69, 9.17) is 0 Å². The fourth-order valence-corrected chi connectivity index (χ4v) is 3.93. The van der Waals surface area contributed by atoms with Crippen molar-refractivity contribution in [1.29, 1.82) is 0 Å². The summed E-state index contributed by atoms with van der Waals surface area (Å²) in [6, 6.07) is 6.98. The lowest BCUT2D eigenvalue weighted by molar-refractivity contribution is 0.0952. The molecule has 1 saturated carbocycles. The van der Waals surface area contributed by atoms with Crippen LogP contribution in [0.2, 0.25) is 0 Å². The predicted octanol–water partition coefficient (Wildman–Crippen LogP) is 2.97. The summed E-state index contributed by atoms with van der Waals surface area (Å²) in [6.07, 6.45) is 7.06. The van der Waals surface area contributed by atoms with Crippen LogP contribution in [0.25, 0.3) is 0 Å². The van der Waals surface area contributed by atoms with E-state index in [0.717, 1.165) is 24.2 Å². The number of carbonyl (C=O) groups is 1. The molecule has 6 nitrogen and oxygen atoms in total.